The maximum atomic E-state index is 5.34. The van der Waals surface area contributed by atoms with Crippen molar-refractivity contribution in [3.8, 4) is 28.6 Å². The number of hydrogen-bond donors (Lipinski definition) is 0. The molecule has 0 N–H and O–H groups in total. The van der Waals surface area contributed by atoms with E-state index in [1.165, 1.54) is 21.7 Å². The summed E-state index contributed by atoms with van der Waals surface area (Å²) in [6, 6.07) is 69.5. The molecule has 0 aliphatic rings. The first kappa shape index (κ1) is 37.6. The van der Waals surface area contributed by atoms with Gasteiger partial charge in [0, 0.05) is 33.4 Å². The Morgan fingerprint density at radius 1 is 0.463 bits per heavy atom. The number of pyridine rings is 1. The number of rotatable bonds is 5. The second kappa shape index (κ2) is 13.9. The summed E-state index contributed by atoms with van der Waals surface area (Å²) in [5, 5.41) is 4.80. The summed E-state index contributed by atoms with van der Waals surface area (Å²) in [6.07, 6.45) is 5.79. The van der Waals surface area contributed by atoms with E-state index in [0.29, 0.717) is 0 Å². The van der Waals surface area contributed by atoms with Crippen LogP contribution in [0.1, 0.15) is 26.3 Å². The minimum Gasteiger partial charge on any atom is -0.312 e. The molecule has 0 saturated carbocycles. The fourth-order valence-electron chi connectivity index (χ4n) is 10.6. The molecule has 0 fully saturated rings. The normalized spacial score (nSPS) is 12.4. The first-order valence-corrected chi connectivity index (χ1v) is 22.8. The van der Waals surface area contributed by atoms with E-state index in [-0.39, 0.29) is 5.41 Å². The van der Waals surface area contributed by atoms with Crippen molar-refractivity contribution in [2.24, 2.45) is 0 Å². The van der Waals surface area contributed by atoms with Crippen molar-refractivity contribution in [2.75, 3.05) is 0 Å². The van der Waals surface area contributed by atoms with Crippen molar-refractivity contribution in [1.29, 1.82) is 0 Å². The number of nitrogens with zero attached hydrogens (tertiary/aromatic N) is 8. The van der Waals surface area contributed by atoms with Gasteiger partial charge < -0.3 is 4.57 Å². The Bertz CT molecular complexity index is 4280. The molecule has 0 atom stereocenters. The van der Waals surface area contributed by atoms with E-state index < -0.39 is 0 Å². The summed E-state index contributed by atoms with van der Waals surface area (Å²) in [5.41, 5.74) is 16.0. The lowest BCUT2D eigenvalue weighted by atomic mass is 9.88. The Hall–Kier alpha value is -8.75. The van der Waals surface area contributed by atoms with E-state index in [1.807, 2.05) is 6.20 Å². The van der Waals surface area contributed by atoms with Gasteiger partial charge in [-0.25, -0.2) is 9.97 Å². The molecule has 8 nitrogen and oxygen atoms in total. The van der Waals surface area contributed by atoms with Crippen LogP contribution in [0.2, 0.25) is 0 Å². The highest BCUT2D eigenvalue weighted by Crippen LogP contribution is 2.39. The molecular weight excluding hydrogens is 821 g/mol. The summed E-state index contributed by atoms with van der Waals surface area (Å²) >= 11 is 0. The van der Waals surface area contributed by atoms with Crippen molar-refractivity contribution in [3.05, 3.63) is 212 Å². The third-order valence-electron chi connectivity index (χ3n) is 13.7. The lowest BCUT2D eigenvalue weighted by Crippen LogP contribution is -2.31. The second-order valence-electron chi connectivity index (χ2n) is 18.6. The zero-order valence-corrected chi connectivity index (χ0v) is 37.1. The summed E-state index contributed by atoms with van der Waals surface area (Å²) in [6.45, 7) is 6.76. The number of imidazole rings is 3. The minimum atomic E-state index is -0.0345. The molecule has 14 aromatic rings. The Kier molecular flexibility index (Phi) is 7.79. The van der Waals surface area contributed by atoms with Gasteiger partial charge in [-0.05, 0) is 95.9 Å². The van der Waals surface area contributed by atoms with Crippen LogP contribution in [0.15, 0.2) is 200 Å². The van der Waals surface area contributed by atoms with Crippen LogP contribution in [0.4, 0.5) is 0 Å². The molecule has 0 radical (unpaired) electrons. The third-order valence-corrected chi connectivity index (χ3v) is 13.7. The van der Waals surface area contributed by atoms with Gasteiger partial charge in [-0.15, -0.1) is 0 Å². The van der Waals surface area contributed by atoms with Crippen LogP contribution in [-0.4, -0.2) is 32.6 Å². The molecule has 0 aliphatic carbocycles. The summed E-state index contributed by atoms with van der Waals surface area (Å²) in [5.74, 6) is 1.75. The fourth-order valence-corrected chi connectivity index (χ4v) is 10.6. The van der Waals surface area contributed by atoms with Crippen LogP contribution < -0.4 is 4.57 Å². The van der Waals surface area contributed by atoms with Gasteiger partial charge in [0.25, 0.3) is 6.33 Å². The monoisotopic (exact) mass is 862 g/mol. The topological polar surface area (TPSA) is 53.8 Å². The van der Waals surface area contributed by atoms with Crippen LogP contribution in [0.5, 0.6) is 0 Å². The van der Waals surface area contributed by atoms with Crippen molar-refractivity contribution < 1.29 is 4.57 Å². The first-order chi connectivity index (χ1) is 32.9. The van der Waals surface area contributed by atoms with Gasteiger partial charge >= 0.3 is 0 Å². The lowest BCUT2D eigenvalue weighted by molar-refractivity contribution is -0.572. The molecule has 8 heteroatoms. The number of benzene rings is 8. The van der Waals surface area contributed by atoms with Crippen LogP contribution >= 0.6 is 0 Å². The van der Waals surface area contributed by atoms with Crippen molar-refractivity contribution in [1.82, 2.24) is 32.6 Å². The van der Waals surface area contributed by atoms with Gasteiger partial charge in [0.1, 0.15) is 5.82 Å². The molecule has 8 aromatic carbocycles. The minimum absolute atomic E-state index is 0.0345. The quantitative estimate of drug-likeness (QED) is 0.128. The fraction of sp³-hybridized carbons (Fsp3) is 0.0678. The number of hydrogen-bond acceptors (Lipinski definition) is 2. The summed E-state index contributed by atoms with van der Waals surface area (Å²) < 4.78 is 13.7. The largest absolute Gasteiger partial charge is 0.312 e. The van der Waals surface area contributed by atoms with Gasteiger partial charge in [-0.2, -0.15) is 0 Å². The molecule has 0 bridgehead atoms. The Labute approximate surface area is 385 Å². The van der Waals surface area contributed by atoms with E-state index in [9.17, 15) is 0 Å². The molecule has 14 rings (SSSR count). The predicted molar refractivity (Wildman–Crippen MR) is 272 cm³/mol. The number of para-hydroxylation sites is 9. The van der Waals surface area contributed by atoms with E-state index in [0.717, 1.165) is 94.9 Å². The van der Waals surface area contributed by atoms with E-state index in [4.69, 9.17) is 9.97 Å². The average Bonchev–Trinajstić information content (AvgIpc) is 4.17. The molecule has 6 heterocycles. The zero-order chi connectivity index (χ0) is 44.5. The van der Waals surface area contributed by atoms with Crippen LogP contribution in [0, 0.1) is 6.33 Å². The average molecular weight is 863 g/mol. The van der Waals surface area contributed by atoms with E-state index in [1.54, 1.807) is 0 Å². The highest BCUT2D eigenvalue weighted by Gasteiger charge is 2.24. The standard InChI is InChI=1S/C59H42N8/c1-59(2,3)38-31-32-60-57(33-38)66-48-25-10-6-21-43(48)44-35-55-56(36-54(44)66)64(58-61-45-22-7-11-26-49(45)67(55)58)40-18-16-17-39(34-40)62-37-63(51-28-13-12-27-50(51)62)52-29-14-15-30-53(52)65-46-23-8-4-19-41(46)42-20-5-9-24-47(42)65/h4-36H,1-3H3. The van der Waals surface area contributed by atoms with Gasteiger partial charge in [0.15, 0.2) is 0 Å². The highest BCUT2D eigenvalue weighted by atomic mass is 15.2. The maximum Gasteiger partial charge on any atom is 0.269 e. The SMILES string of the molecule is CC(C)(C)c1ccnc(-n2c3ccccc3c3cc4c(cc32)n(-c2cccc(-n3[c-][n+](-c5ccccc5-n5c6ccccc6c6ccccc65)c5ccccc53)c2)c2nc3ccccc3n42)c1. The Balaban J connectivity index is 1.00. The maximum absolute atomic E-state index is 5.34. The molecule has 318 valence electrons. The zero-order valence-electron chi connectivity index (χ0n) is 37.1. The highest BCUT2D eigenvalue weighted by molar-refractivity contribution is 6.14. The number of fused-ring (bicyclic) bond motifs is 12. The van der Waals surface area contributed by atoms with Gasteiger partial charge in [-0.1, -0.05) is 130 Å². The van der Waals surface area contributed by atoms with Crippen LogP contribution in [0.3, 0.4) is 0 Å². The molecule has 0 aliphatic heterocycles. The second-order valence-corrected chi connectivity index (χ2v) is 18.6. The molecule has 0 unspecified atom stereocenters. The molecule has 0 saturated heterocycles. The Morgan fingerprint density at radius 2 is 1.09 bits per heavy atom. The Morgan fingerprint density at radius 3 is 1.85 bits per heavy atom. The van der Waals surface area contributed by atoms with Gasteiger partial charge in [0.05, 0.1) is 72.2 Å². The smallest absolute Gasteiger partial charge is 0.269 e. The van der Waals surface area contributed by atoms with Crippen LogP contribution in [-0.2, 0) is 5.41 Å². The predicted octanol–water partition coefficient (Wildman–Crippen LogP) is 13.3. The summed E-state index contributed by atoms with van der Waals surface area (Å²) in [7, 11) is 0. The molecule has 6 aromatic heterocycles. The van der Waals surface area contributed by atoms with Gasteiger partial charge in [0.2, 0.25) is 5.78 Å². The van der Waals surface area contributed by atoms with Crippen molar-refractivity contribution in [2.45, 2.75) is 26.2 Å². The van der Waals surface area contributed by atoms with Crippen LogP contribution in [0.25, 0.3) is 111 Å². The van der Waals surface area contributed by atoms with Gasteiger partial charge in [-0.3, -0.25) is 22.7 Å². The summed E-state index contributed by atoms with van der Waals surface area (Å²) in [4.78, 5) is 10.3. The first-order valence-electron chi connectivity index (χ1n) is 22.8. The van der Waals surface area contributed by atoms with E-state index in [2.05, 4.69) is 248 Å². The lowest BCUT2D eigenvalue weighted by Gasteiger charge is -2.20. The van der Waals surface area contributed by atoms with E-state index >= 15 is 0 Å². The third kappa shape index (κ3) is 5.44. The molecular formula is C59H42N8. The molecule has 0 amide bonds. The van der Waals surface area contributed by atoms with Crippen molar-refractivity contribution in [3.63, 3.8) is 0 Å². The molecule has 67 heavy (non-hydrogen) atoms. The number of aromatic nitrogens is 8. The molecule has 0 spiro atoms. The van der Waals surface area contributed by atoms with Crippen molar-refractivity contribution >= 4 is 82.5 Å².